The molecule has 0 spiro atoms. The van der Waals surface area contributed by atoms with Crippen LogP contribution in [0.15, 0.2) is 24.1 Å². The van der Waals surface area contributed by atoms with E-state index in [9.17, 15) is 0 Å². The van der Waals surface area contributed by atoms with Crippen molar-refractivity contribution in [3.05, 3.63) is 29.1 Å². The number of rotatable bonds is 3. The van der Waals surface area contributed by atoms with Gasteiger partial charge in [0.2, 0.25) is 0 Å². The van der Waals surface area contributed by atoms with E-state index in [-0.39, 0.29) is 5.54 Å². The fourth-order valence-electron chi connectivity index (χ4n) is 1.33. The van der Waals surface area contributed by atoms with Crippen molar-refractivity contribution < 1.29 is 0 Å². The number of nitrogens with one attached hydrogen (secondary N) is 1. The maximum absolute atomic E-state index is 5.78. The van der Waals surface area contributed by atoms with Gasteiger partial charge >= 0.3 is 0 Å². The summed E-state index contributed by atoms with van der Waals surface area (Å²) < 4.78 is 0. The van der Waals surface area contributed by atoms with Crippen LogP contribution in [-0.4, -0.2) is 15.0 Å². The second kappa shape index (κ2) is 4.05. The smallest absolute Gasteiger partial charge is 0.153 e. The zero-order valence-electron chi connectivity index (χ0n) is 9.14. The molecule has 2 heterocycles. The molecule has 84 valence electrons. The molecule has 0 aliphatic rings. The van der Waals surface area contributed by atoms with Gasteiger partial charge in [-0.05, 0) is 13.8 Å². The Hall–Kier alpha value is -1.69. The molecule has 0 atom stereocenters. The minimum atomic E-state index is -0.295. The third-order valence-electron chi connectivity index (χ3n) is 2.14. The van der Waals surface area contributed by atoms with Crippen LogP contribution in [0.25, 0.3) is 0 Å². The fourth-order valence-corrected chi connectivity index (χ4v) is 2.04. The van der Waals surface area contributed by atoms with Crippen LogP contribution in [0.1, 0.15) is 18.9 Å². The standard InChI is InChI=1S/C10H13N5S/c1-10(2,9-13-3-4-16-9)15-8-7(11)5-12-6-14-8/h3-6H,11H2,1-2H3,(H,12,14,15). The van der Waals surface area contributed by atoms with Crippen LogP contribution >= 0.6 is 11.3 Å². The van der Waals surface area contributed by atoms with Gasteiger partial charge in [-0.25, -0.2) is 15.0 Å². The van der Waals surface area contributed by atoms with Crippen molar-refractivity contribution >= 4 is 22.8 Å². The second-order valence-electron chi connectivity index (χ2n) is 3.91. The maximum atomic E-state index is 5.78. The number of anilines is 2. The van der Waals surface area contributed by atoms with Gasteiger partial charge in [-0.1, -0.05) is 0 Å². The number of aromatic nitrogens is 3. The van der Waals surface area contributed by atoms with Crippen molar-refractivity contribution in [1.82, 2.24) is 15.0 Å². The monoisotopic (exact) mass is 235 g/mol. The van der Waals surface area contributed by atoms with Crippen molar-refractivity contribution in [2.75, 3.05) is 11.1 Å². The summed E-state index contributed by atoms with van der Waals surface area (Å²) in [6.45, 7) is 4.07. The lowest BCUT2D eigenvalue weighted by atomic mass is 10.1. The van der Waals surface area contributed by atoms with Crippen LogP contribution in [0, 0.1) is 0 Å². The van der Waals surface area contributed by atoms with Crippen molar-refractivity contribution in [2.24, 2.45) is 0 Å². The van der Waals surface area contributed by atoms with Gasteiger partial charge in [0.15, 0.2) is 5.82 Å². The summed E-state index contributed by atoms with van der Waals surface area (Å²) in [6.07, 6.45) is 4.83. The van der Waals surface area contributed by atoms with Crippen molar-refractivity contribution in [3.8, 4) is 0 Å². The van der Waals surface area contributed by atoms with E-state index in [1.54, 1.807) is 23.7 Å². The molecule has 0 bridgehead atoms. The van der Waals surface area contributed by atoms with E-state index in [0.29, 0.717) is 11.5 Å². The topological polar surface area (TPSA) is 76.7 Å². The Morgan fingerprint density at radius 3 is 2.81 bits per heavy atom. The Kier molecular flexibility index (Phi) is 2.74. The van der Waals surface area contributed by atoms with E-state index < -0.39 is 0 Å². The summed E-state index contributed by atoms with van der Waals surface area (Å²) in [5.41, 5.74) is 6.02. The van der Waals surface area contributed by atoms with E-state index in [2.05, 4.69) is 20.3 Å². The Balaban J connectivity index is 2.25. The molecule has 0 aliphatic heterocycles. The number of nitrogens with zero attached hydrogens (tertiary/aromatic N) is 3. The molecule has 0 aromatic carbocycles. The lowest BCUT2D eigenvalue weighted by molar-refractivity contribution is 0.601. The molecule has 0 fully saturated rings. The van der Waals surface area contributed by atoms with Crippen molar-refractivity contribution in [1.29, 1.82) is 0 Å². The number of hydrogen-bond acceptors (Lipinski definition) is 6. The van der Waals surface area contributed by atoms with E-state index in [4.69, 9.17) is 5.73 Å². The third-order valence-corrected chi connectivity index (χ3v) is 3.24. The summed E-state index contributed by atoms with van der Waals surface area (Å²) in [5, 5.41) is 6.20. The highest BCUT2D eigenvalue weighted by Gasteiger charge is 2.24. The predicted molar refractivity (Wildman–Crippen MR) is 65.2 cm³/mol. The van der Waals surface area contributed by atoms with Crippen LogP contribution in [-0.2, 0) is 5.54 Å². The molecule has 0 unspecified atom stereocenters. The van der Waals surface area contributed by atoms with E-state index in [1.165, 1.54) is 6.33 Å². The van der Waals surface area contributed by atoms with Crippen LogP contribution in [0.3, 0.4) is 0 Å². The Bertz CT molecular complexity index is 466. The summed E-state index contributed by atoms with van der Waals surface area (Å²) in [5.74, 6) is 0.634. The van der Waals surface area contributed by atoms with E-state index in [0.717, 1.165) is 5.01 Å². The van der Waals surface area contributed by atoms with E-state index in [1.807, 2.05) is 19.2 Å². The van der Waals surface area contributed by atoms with Gasteiger partial charge in [0.25, 0.3) is 0 Å². The number of nitrogens with two attached hydrogens (primary N) is 1. The van der Waals surface area contributed by atoms with Crippen LogP contribution in [0.2, 0.25) is 0 Å². The van der Waals surface area contributed by atoms with Gasteiger partial charge in [0.05, 0.1) is 17.4 Å². The first-order valence-electron chi connectivity index (χ1n) is 4.83. The lowest BCUT2D eigenvalue weighted by Crippen LogP contribution is -2.28. The quantitative estimate of drug-likeness (QED) is 0.849. The highest BCUT2D eigenvalue weighted by Crippen LogP contribution is 2.27. The normalized spacial score (nSPS) is 11.4. The lowest BCUT2D eigenvalue weighted by Gasteiger charge is -2.24. The molecule has 0 aliphatic carbocycles. The summed E-state index contributed by atoms with van der Waals surface area (Å²) >= 11 is 1.60. The van der Waals surface area contributed by atoms with Crippen LogP contribution in [0.5, 0.6) is 0 Å². The molecule has 0 saturated heterocycles. The molecule has 0 radical (unpaired) electrons. The zero-order valence-corrected chi connectivity index (χ0v) is 9.95. The Morgan fingerprint density at radius 2 is 2.19 bits per heavy atom. The summed E-state index contributed by atoms with van der Waals surface area (Å²) in [6, 6.07) is 0. The first-order valence-corrected chi connectivity index (χ1v) is 5.71. The predicted octanol–water partition coefficient (Wildman–Crippen LogP) is 1.86. The third kappa shape index (κ3) is 2.11. The van der Waals surface area contributed by atoms with E-state index >= 15 is 0 Å². The molecule has 0 amide bonds. The molecular weight excluding hydrogens is 222 g/mol. The molecule has 3 N–H and O–H groups in total. The van der Waals surface area contributed by atoms with Crippen LogP contribution in [0.4, 0.5) is 11.5 Å². The first-order chi connectivity index (χ1) is 7.59. The summed E-state index contributed by atoms with van der Waals surface area (Å²) in [7, 11) is 0. The van der Waals surface area contributed by atoms with Gasteiger partial charge in [-0.2, -0.15) is 0 Å². The first kappa shape index (κ1) is 10.8. The Morgan fingerprint density at radius 1 is 1.38 bits per heavy atom. The zero-order chi connectivity index (χ0) is 11.6. The average Bonchev–Trinajstić information content (AvgIpc) is 2.75. The minimum Gasteiger partial charge on any atom is -0.394 e. The SMILES string of the molecule is CC(C)(Nc1ncncc1N)c1nccs1. The molecule has 2 rings (SSSR count). The van der Waals surface area contributed by atoms with Gasteiger partial charge in [0.1, 0.15) is 11.3 Å². The highest BCUT2D eigenvalue weighted by atomic mass is 32.1. The largest absolute Gasteiger partial charge is 0.394 e. The van der Waals surface area contributed by atoms with Gasteiger partial charge in [0, 0.05) is 11.6 Å². The average molecular weight is 235 g/mol. The van der Waals surface area contributed by atoms with Crippen molar-refractivity contribution in [3.63, 3.8) is 0 Å². The summed E-state index contributed by atoms with van der Waals surface area (Å²) in [4.78, 5) is 12.2. The number of hydrogen-bond donors (Lipinski definition) is 2. The van der Waals surface area contributed by atoms with Gasteiger partial charge in [-0.15, -0.1) is 11.3 Å². The molecule has 2 aromatic heterocycles. The maximum Gasteiger partial charge on any atom is 0.153 e. The van der Waals surface area contributed by atoms with Crippen molar-refractivity contribution in [2.45, 2.75) is 19.4 Å². The second-order valence-corrected chi connectivity index (χ2v) is 4.81. The molecule has 5 nitrogen and oxygen atoms in total. The highest BCUT2D eigenvalue weighted by molar-refractivity contribution is 7.09. The van der Waals surface area contributed by atoms with Crippen LogP contribution < -0.4 is 11.1 Å². The molecule has 6 heteroatoms. The molecule has 0 saturated carbocycles. The molecular formula is C10H13N5S. The molecule has 2 aromatic rings. The fraction of sp³-hybridized carbons (Fsp3) is 0.300. The minimum absolute atomic E-state index is 0.295. The Labute approximate surface area is 97.8 Å². The number of thiazole rings is 1. The van der Waals surface area contributed by atoms with Gasteiger partial charge in [-0.3, -0.25) is 0 Å². The van der Waals surface area contributed by atoms with Gasteiger partial charge < -0.3 is 11.1 Å². The number of nitrogen functional groups attached to an aromatic ring is 1. The molecule has 16 heavy (non-hydrogen) atoms.